The number of hydrogen-bond acceptors (Lipinski definition) is 1. The summed E-state index contributed by atoms with van der Waals surface area (Å²) in [6, 6.07) is 2.17. The van der Waals surface area contributed by atoms with Crippen molar-refractivity contribution in [2.75, 3.05) is 0 Å². The smallest absolute Gasteiger partial charge is 0.0622 e. The van der Waals surface area contributed by atoms with Crippen LogP contribution in [0.25, 0.3) is 0 Å². The molecule has 0 aromatic rings. The minimum absolute atomic E-state index is 0.140. The number of hydrogen-bond donors (Lipinski definition) is 0. The highest BCUT2D eigenvalue weighted by Gasteiger charge is 2.29. The molecule has 0 heterocycles. The van der Waals surface area contributed by atoms with E-state index < -0.39 is 7.27 Å². The zero-order chi connectivity index (χ0) is 9.78. The molecule has 70 valence electrons. The second kappa shape index (κ2) is 5.05. The first-order valence-corrected chi connectivity index (χ1v) is 6.55. The Morgan fingerprint density at radius 3 is 2.33 bits per heavy atom. The highest BCUT2D eigenvalue weighted by molar-refractivity contribution is 7.85. The van der Waals surface area contributed by atoms with Gasteiger partial charge in [0.25, 0.3) is 0 Å². The Bertz CT molecular complexity index is 172. The van der Waals surface area contributed by atoms with Crippen molar-refractivity contribution < 1.29 is 0 Å². The van der Waals surface area contributed by atoms with Crippen LogP contribution in [0.1, 0.15) is 40.5 Å². The molecule has 1 unspecified atom stereocenters. The van der Waals surface area contributed by atoms with Crippen molar-refractivity contribution in [2.45, 2.75) is 51.4 Å². The van der Waals surface area contributed by atoms with Crippen LogP contribution < -0.4 is 0 Å². The van der Waals surface area contributed by atoms with Gasteiger partial charge in [0.15, 0.2) is 0 Å². The molecule has 0 fully saturated rings. The molecule has 0 aromatic heterocycles. The predicted octanol–water partition coefficient (Wildman–Crippen LogP) is 4.11. The first kappa shape index (κ1) is 12.2. The van der Waals surface area contributed by atoms with E-state index in [1.54, 1.807) is 0 Å². The maximum absolute atomic E-state index is 8.46. The van der Waals surface area contributed by atoms with E-state index in [0.29, 0.717) is 12.1 Å². The molecule has 0 radical (unpaired) electrons. The largest absolute Gasteiger partial charge is 0.198 e. The summed E-state index contributed by atoms with van der Waals surface area (Å²) in [5, 5.41) is 8.60. The third-order valence-corrected chi connectivity index (χ3v) is 6.71. The van der Waals surface area contributed by atoms with Gasteiger partial charge in [-0.1, -0.05) is 38.9 Å². The molecule has 0 amide bonds. The van der Waals surface area contributed by atoms with Crippen LogP contribution in [0.2, 0.25) is 0 Å². The average molecular weight is 206 g/mol. The van der Waals surface area contributed by atoms with Crippen molar-refractivity contribution >= 4 is 18.5 Å². The topological polar surface area (TPSA) is 23.8 Å². The zero-order valence-electron chi connectivity index (χ0n) is 8.26. The van der Waals surface area contributed by atoms with E-state index in [-0.39, 0.29) is 5.16 Å². The third-order valence-electron chi connectivity index (χ3n) is 1.88. The summed E-state index contributed by atoms with van der Waals surface area (Å²) in [5.74, 6) is 0. The van der Waals surface area contributed by atoms with Crippen molar-refractivity contribution in [2.24, 2.45) is 0 Å². The lowest BCUT2D eigenvalue weighted by molar-refractivity contribution is 0.638. The molecule has 0 N–H and O–H groups in total. The highest BCUT2D eigenvalue weighted by Crippen LogP contribution is 2.59. The normalized spacial score (nSPS) is 14.4. The van der Waals surface area contributed by atoms with E-state index in [0.717, 1.165) is 6.42 Å². The number of halogens is 1. The van der Waals surface area contributed by atoms with Gasteiger partial charge < -0.3 is 0 Å². The fourth-order valence-corrected chi connectivity index (χ4v) is 3.14. The summed E-state index contributed by atoms with van der Waals surface area (Å²) in [6.45, 7) is 8.60. The molecule has 3 heteroatoms. The van der Waals surface area contributed by atoms with Crippen LogP contribution in [0.3, 0.4) is 0 Å². The average Bonchev–Trinajstić information content (AvgIpc) is 1.99. The Labute approximate surface area is 81.6 Å². The van der Waals surface area contributed by atoms with E-state index in [1.807, 2.05) is 0 Å². The summed E-state index contributed by atoms with van der Waals surface area (Å²) < 4.78 is 0. The Morgan fingerprint density at radius 2 is 2.00 bits per heavy atom. The molecule has 0 aromatic carbocycles. The summed E-state index contributed by atoms with van der Waals surface area (Å²) >= 11 is 6.30. The van der Waals surface area contributed by atoms with E-state index in [2.05, 4.69) is 33.8 Å². The van der Waals surface area contributed by atoms with Crippen molar-refractivity contribution in [3.8, 4) is 6.07 Å². The van der Waals surface area contributed by atoms with Gasteiger partial charge >= 0.3 is 0 Å². The predicted molar refractivity (Wildman–Crippen MR) is 56.8 cm³/mol. The van der Waals surface area contributed by atoms with Gasteiger partial charge in [-0.15, -0.1) is 0 Å². The molecule has 0 saturated carbocycles. The molecule has 0 saturated heterocycles. The lowest BCUT2D eigenvalue weighted by Gasteiger charge is -2.31. The fraction of sp³-hybridized carbons (Fsp3) is 0.889. The minimum atomic E-state index is -0.473. The summed E-state index contributed by atoms with van der Waals surface area (Å²) in [4.78, 5) is 0. The van der Waals surface area contributed by atoms with Crippen LogP contribution in [-0.4, -0.2) is 10.8 Å². The molecule has 0 aliphatic heterocycles. The molecule has 0 spiro atoms. The van der Waals surface area contributed by atoms with E-state index in [4.69, 9.17) is 16.5 Å². The minimum Gasteiger partial charge on any atom is -0.198 e. The van der Waals surface area contributed by atoms with Gasteiger partial charge in [-0.25, -0.2) is 0 Å². The maximum atomic E-state index is 8.46. The van der Waals surface area contributed by atoms with Crippen LogP contribution in [0.5, 0.6) is 0 Å². The molecule has 0 aliphatic rings. The van der Waals surface area contributed by atoms with Gasteiger partial charge in [-0.3, -0.25) is 0 Å². The molecule has 1 atom stereocenters. The van der Waals surface area contributed by atoms with Gasteiger partial charge in [0.1, 0.15) is 0 Å². The SMILES string of the molecule is CC(C)P(Cl)C(C)(C)CCC#N. The molecule has 0 aliphatic carbocycles. The molecular formula is C9H17ClNP. The second-order valence-electron chi connectivity index (χ2n) is 3.88. The van der Waals surface area contributed by atoms with Crippen LogP contribution in [0.15, 0.2) is 0 Å². The van der Waals surface area contributed by atoms with Crippen molar-refractivity contribution in [3.63, 3.8) is 0 Å². The number of rotatable bonds is 4. The number of nitriles is 1. The highest BCUT2D eigenvalue weighted by atomic mass is 35.7. The monoisotopic (exact) mass is 205 g/mol. The summed E-state index contributed by atoms with van der Waals surface area (Å²) in [5.41, 5.74) is 0.537. The summed E-state index contributed by atoms with van der Waals surface area (Å²) in [7, 11) is -0.473. The van der Waals surface area contributed by atoms with Crippen LogP contribution in [0.4, 0.5) is 0 Å². The van der Waals surface area contributed by atoms with Crippen LogP contribution in [0, 0.1) is 11.3 Å². The van der Waals surface area contributed by atoms with Gasteiger partial charge in [-0.05, 0) is 24.5 Å². The second-order valence-corrected chi connectivity index (χ2v) is 7.83. The van der Waals surface area contributed by atoms with E-state index in [1.165, 1.54) is 0 Å². The van der Waals surface area contributed by atoms with E-state index >= 15 is 0 Å². The first-order chi connectivity index (χ1) is 5.41. The third kappa shape index (κ3) is 3.74. The Balaban J connectivity index is 4.10. The lowest BCUT2D eigenvalue weighted by atomic mass is 10.1. The van der Waals surface area contributed by atoms with Crippen molar-refractivity contribution in [1.82, 2.24) is 0 Å². The molecule has 0 rings (SSSR count). The Morgan fingerprint density at radius 1 is 1.50 bits per heavy atom. The standard InChI is InChI=1S/C9H17ClNP/c1-8(2)12(10)9(3,4)6-5-7-11/h8H,5-6H2,1-4H3. The van der Waals surface area contributed by atoms with Crippen molar-refractivity contribution in [1.29, 1.82) is 5.26 Å². The molecule has 1 nitrogen and oxygen atoms in total. The molecular weight excluding hydrogens is 189 g/mol. The molecule has 12 heavy (non-hydrogen) atoms. The quantitative estimate of drug-likeness (QED) is 0.634. The van der Waals surface area contributed by atoms with Gasteiger partial charge in [0, 0.05) is 6.42 Å². The van der Waals surface area contributed by atoms with Gasteiger partial charge in [0.2, 0.25) is 0 Å². The first-order valence-electron chi connectivity index (χ1n) is 4.24. The fourth-order valence-electron chi connectivity index (χ4n) is 1.17. The van der Waals surface area contributed by atoms with Crippen molar-refractivity contribution in [3.05, 3.63) is 0 Å². The number of nitrogens with zero attached hydrogens (tertiary/aromatic N) is 1. The van der Waals surface area contributed by atoms with Crippen LogP contribution >= 0.6 is 18.5 Å². The lowest BCUT2D eigenvalue weighted by Crippen LogP contribution is -2.18. The molecule has 0 bridgehead atoms. The summed E-state index contributed by atoms with van der Waals surface area (Å²) in [6.07, 6.45) is 1.53. The Kier molecular flexibility index (Phi) is 5.14. The maximum Gasteiger partial charge on any atom is 0.0622 e. The van der Waals surface area contributed by atoms with Gasteiger partial charge in [0.05, 0.1) is 6.07 Å². The zero-order valence-corrected chi connectivity index (χ0v) is 9.91. The van der Waals surface area contributed by atoms with Gasteiger partial charge in [-0.2, -0.15) is 5.26 Å². The Hall–Kier alpha value is 0.210. The van der Waals surface area contributed by atoms with E-state index in [9.17, 15) is 0 Å². The van der Waals surface area contributed by atoms with Crippen LogP contribution in [-0.2, 0) is 0 Å².